The van der Waals surface area contributed by atoms with E-state index in [1.807, 2.05) is 0 Å². The van der Waals surface area contributed by atoms with E-state index in [1.165, 1.54) is 16.4 Å². The van der Waals surface area contributed by atoms with Gasteiger partial charge in [-0.1, -0.05) is 6.07 Å². The standard InChI is InChI=1S/C18H20N4O6S/c23-17(8-11-20-13-15(22(25)26)6-7-18(20)24)19-14-4-3-5-16(12-14)29(27,28)21-9-1-2-10-21/h3-7,12-13H,1-2,8-11H2,(H,19,23). The van der Waals surface area contributed by atoms with Crippen LogP contribution in [0.4, 0.5) is 11.4 Å². The predicted octanol–water partition coefficient (Wildman–Crippen LogP) is 1.57. The minimum absolute atomic E-state index is 0.0435. The number of nitrogens with one attached hydrogen (secondary N) is 1. The minimum Gasteiger partial charge on any atom is -0.326 e. The summed E-state index contributed by atoms with van der Waals surface area (Å²) in [6, 6.07) is 8.16. The van der Waals surface area contributed by atoms with Gasteiger partial charge >= 0.3 is 0 Å². The number of aryl methyl sites for hydroxylation is 1. The summed E-state index contributed by atoms with van der Waals surface area (Å²) in [6.07, 6.45) is 2.63. The van der Waals surface area contributed by atoms with E-state index in [4.69, 9.17) is 0 Å². The molecule has 11 heteroatoms. The highest BCUT2D eigenvalue weighted by Gasteiger charge is 2.27. The molecular weight excluding hydrogens is 400 g/mol. The summed E-state index contributed by atoms with van der Waals surface area (Å²) in [4.78, 5) is 34.3. The molecular formula is C18H20N4O6S. The lowest BCUT2D eigenvalue weighted by Crippen LogP contribution is -2.28. The molecule has 0 spiro atoms. The SMILES string of the molecule is O=C(CCn1cc([N+](=O)[O-])ccc1=O)Nc1cccc(S(=O)(=O)N2CCCC2)c1. The molecule has 1 aliphatic heterocycles. The molecule has 154 valence electrons. The van der Waals surface area contributed by atoms with Gasteiger partial charge in [0.15, 0.2) is 0 Å². The lowest BCUT2D eigenvalue weighted by Gasteiger charge is -2.16. The number of aromatic nitrogens is 1. The lowest BCUT2D eigenvalue weighted by atomic mass is 10.3. The second kappa shape index (κ2) is 8.53. The highest BCUT2D eigenvalue weighted by atomic mass is 32.2. The third-order valence-electron chi connectivity index (χ3n) is 4.58. The van der Waals surface area contributed by atoms with Crippen molar-refractivity contribution in [3.63, 3.8) is 0 Å². The Morgan fingerprint density at radius 1 is 1.17 bits per heavy atom. The molecule has 1 amide bonds. The summed E-state index contributed by atoms with van der Waals surface area (Å²) >= 11 is 0. The first-order valence-corrected chi connectivity index (χ1v) is 10.5. The summed E-state index contributed by atoms with van der Waals surface area (Å²) in [7, 11) is -3.60. The van der Waals surface area contributed by atoms with Gasteiger partial charge < -0.3 is 9.88 Å². The van der Waals surface area contributed by atoms with Crippen molar-refractivity contribution in [1.82, 2.24) is 8.87 Å². The zero-order valence-corrected chi connectivity index (χ0v) is 16.3. The summed E-state index contributed by atoms with van der Waals surface area (Å²) in [5.74, 6) is -0.445. The van der Waals surface area contributed by atoms with E-state index in [0.29, 0.717) is 18.8 Å². The molecule has 1 saturated heterocycles. The van der Waals surface area contributed by atoms with Crippen molar-refractivity contribution in [2.75, 3.05) is 18.4 Å². The van der Waals surface area contributed by atoms with Crippen molar-refractivity contribution in [2.24, 2.45) is 0 Å². The normalized spacial score (nSPS) is 14.6. The highest BCUT2D eigenvalue weighted by molar-refractivity contribution is 7.89. The van der Waals surface area contributed by atoms with Gasteiger partial charge in [-0.25, -0.2) is 8.42 Å². The van der Waals surface area contributed by atoms with Crippen LogP contribution < -0.4 is 10.9 Å². The molecule has 2 heterocycles. The van der Waals surface area contributed by atoms with Crippen LogP contribution in [0.1, 0.15) is 19.3 Å². The molecule has 0 saturated carbocycles. The molecule has 2 aromatic rings. The van der Waals surface area contributed by atoms with Crippen molar-refractivity contribution >= 4 is 27.3 Å². The molecule has 1 fully saturated rings. The number of hydrogen-bond acceptors (Lipinski definition) is 6. The highest BCUT2D eigenvalue weighted by Crippen LogP contribution is 2.23. The van der Waals surface area contributed by atoms with Crippen LogP contribution in [0.3, 0.4) is 0 Å². The number of anilines is 1. The van der Waals surface area contributed by atoms with Crippen LogP contribution in [0.25, 0.3) is 0 Å². The molecule has 0 atom stereocenters. The number of rotatable bonds is 7. The van der Waals surface area contributed by atoms with Crippen LogP contribution in [0, 0.1) is 10.1 Å². The number of amides is 1. The number of pyridine rings is 1. The predicted molar refractivity (Wildman–Crippen MR) is 105 cm³/mol. The molecule has 1 N–H and O–H groups in total. The van der Waals surface area contributed by atoms with E-state index >= 15 is 0 Å². The molecule has 3 rings (SSSR count). The van der Waals surface area contributed by atoms with Gasteiger partial charge in [0.2, 0.25) is 15.9 Å². The van der Waals surface area contributed by atoms with Gasteiger partial charge in [0.1, 0.15) is 0 Å². The molecule has 0 unspecified atom stereocenters. The quantitative estimate of drug-likeness (QED) is 0.534. The molecule has 0 aliphatic carbocycles. The third kappa shape index (κ3) is 4.87. The molecule has 29 heavy (non-hydrogen) atoms. The number of carbonyl (C=O) groups is 1. The summed E-state index contributed by atoms with van der Waals surface area (Å²) in [5.41, 5.74) is -0.381. The van der Waals surface area contributed by atoms with E-state index in [-0.39, 0.29) is 23.5 Å². The smallest absolute Gasteiger partial charge is 0.285 e. The Hall–Kier alpha value is -3.05. The number of hydrogen-bond donors (Lipinski definition) is 1. The van der Waals surface area contributed by atoms with Crippen LogP contribution in [0.15, 0.2) is 52.3 Å². The first-order chi connectivity index (χ1) is 13.8. The topological polar surface area (TPSA) is 132 Å². The van der Waals surface area contributed by atoms with Gasteiger partial charge in [-0.05, 0) is 31.0 Å². The molecule has 0 radical (unpaired) electrons. The fraction of sp³-hybridized carbons (Fsp3) is 0.333. The van der Waals surface area contributed by atoms with Crippen LogP contribution in [0.2, 0.25) is 0 Å². The first-order valence-electron chi connectivity index (χ1n) is 9.02. The summed E-state index contributed by atoms with van der Waals surface area (Å²) < 4.78 is 27.8. The lowest BCUT2D eigenvalue weighted by molar-refractivity contribution is -0.385. The number of benzene rings is 1. The van der Waals surface area contributed by atoms with Crippen molar-refractivity contribution in [2.45, 2.75) is 30.7 Å². The van der Waals surface area contributed by atoms with Gasteiger partial charge in [-0.15, -0.1) is 0 Å². The van der Waals surface area contributed by atoms with Crippen molar-refractivity contribution in [3.8, 4) is 0 Å². The Kier molecular flexibility index (Phi) is 6.09. The molecule has 10 nitrogen and oxygen atoms in total. The van der Waals surface area contributed by atoms with E-state index in [0.717, 1.165) is 35.7 Å². The number of nitrogens with zero attached hydrogens (tertiary/aromatic N) is 3. The van der Waals surface area contributed by atoms with Gasteiger partial charge in [-0.2, -0.15) is 4.31 Å². The zero-order chi connectivity index (χ0) is 21.0. The van der Waals surface area contributed by atoms with Gasteiger partial charge in [0.25, 0.3) is 11.2 Å². The second-order valence-corrected chi connectivity index (χ2v) is 8.55. The maximum Gasteiger partial charge on any atom is 0.285 e. The van der Waals surface area contributed by atoms with E-state index < -0.39 is 26.4 Å². The molecule has 0 bridgehead atoms. The van der Waals surface area contributed by atoms with Gasteiger partial charge in [-0.3, -0.25) is 19.7 Å². The van der Waals surface area contributed by atoms with Crippen molar-refractivity contribution in [3.05, 3.63) is 63.1 Å². The molecule has 1 aromatic heterocycles. The number of nitro groups is 1. The summed E-state index contributed by atoms with van der Waals surface area (Å²) in [5, 5.41) is 13.4. The monoisotopic (exact) mass is 420 g/mol. The van der Waals surface area contributed by atoms with E-state index in [9.17, 15) is 28.1 Å². The van der Waals surface area contributed by atoms with E-state index in [1.54, 1.807) is 12.1 Å². The zero-order valence-electron chi connectivity index (χ0n) is 15.5. The van der Waals surface area contributed by atoms with Crippen molar-refractivity contribution < 1.29 is 18.1 Å². The summed E-state index contributed by atoms with van der Waals surface area (Å²) in [6.45, 7) is 0.923. The average molecular weight is 420 g/mol. The van der Waals surface area contributed by atoms with Gasteiger partial charge in [0.05, 0.1) is 16.0 Å². The van der Waals surface area contributed by atoms with E-state index in [2.05, 4.69) is 5.32 Å². The Morgan fingerprint density at radius 3 is 2.59 bits per heavy atom. The van der Waals surface area contributed by atoms with Crippen LogP contribution >= 0.6 is 0 Å². The Morgan fingerprint density at radius 2 is 1.90 bits per heavy atom. The Labute approximate surface area is 167 Å². The third-order valence-corrected chi connectivity index (χ3v) is 6.47. The first kappa shape index (κ1) is 20.7. The van der Waals surface area contributed by atoms with Gasteiger partial charge in [0, 0.05) is 43.9 Å². The van der Waals surface area contributed by atoms with Crippen molar-refractivity contribution in [1.29, 1.82) is 0 Å². The van der Waals surface area contributed by atoms with Crippen LogP contribution in [0.5, 0.6) is 0 Å². The second-order valence-electron chi connectivity index (χ2n) is 6.61. The Bertz CT molecular complexity index is 1090. The number of sulfonamides is 1. The molecule has 1 aliphatic rings. The fourth-order valence-corrected chi connectivity index (χ4v) is 4.62. The molecule has 1 aromatic carbocycles. The Balaban J connectivity index is 1.67. The maximum atomic E-state index is 12.6. The van der Waals surface area contributed by atoms with Crippen LogP contribution in [-0.2, 0) is 21.4 Å². The largest absolute Gasteiger partial charge is 0.326 e. The average Bonchev–Trinajstić information content (AvgIpc) is 3.23. The maximum absolute atomic E-state index is 12.6. The van der Waals surface area contributed by atoms with Crippen LogP contribution in [-0.4, -0.2) is 41.2 Å². The minimum atomic E-state index is -3.60. The fourth-order valence-electron chi connectivity index (χ4n) is 3.06. The number of carbonyl (C=O) groups excluding carboxylic acids is 1.